The van der Waals surface area contributed by atoms with E-state index in [0.717, 1.165) is 11.1 Å². The molecule has 0 atom stereocenters. The summed E-state index contributed by atoms with van der Waals surface area (Å²) in [7, 11) is 0. The number of fused-ring (bicyclic) bond motifs is 1. The summed E-state index contributed by atoms with van der Waals surface area (Å²) < 4.78 is 18.3. The number of para-hydroxylation sites is 1. The Bertz CT molecular complexity index is 1210. The molecule has 0 radical (unpaired) electrons. The van der Waals surface area contributed by atoms with Gasteiger partial charge in [0.2, 0.25) is 0 Å². The van der Waals surface area contributed by atoms with E-state index in [1.54, 1.807) is 19.1 Å². The van der Waals surface area contributed by atoms with Crippen LogP contribution < -0.4 is 5.32 Å². The molecule has 4 aromatic rings. The fraction of sp³-hybridized carbons (Fsp3) is 0.100. The number of nitrogens with zero attached hydrogens (tertiary/aromatic N) is 2. The van der Waals surface area contributed by atoms with Crippen LogP contribution in [0.3, 0.4) is 0 Å². The summed E-state index contributed by atoms with van der Waals surface area (Å²) in [6, 6.07) is 11.8. The lowest BCUT2D eigenvalue weighted by atomic mass is 10.0. The molecule has 2 heterocycles. The molecule has 0 saturated heterocycles. The molecule has 0 bridgehead atoms. The van der Waals surface area contributed by atoms with Crippen LogP contribution in [-0.4, -0.2) is 38.6 Å². The van der Waals surface area contributed by atoms with Gasteiger partial charge in [-0.1, -0.05) is 24.3 Å². The van der Waals surface area contributed by atoms with Gasteiger partial charge in [0.1, 0.15) is 11.5 Å². The predicted octanol–water partition coefficient (Wildman–Crippen LogP) is 3.26. The predicted molar refractivity (Wildman–Crippen MR) is 104 cm³/mol. The molecule has 0 unspecified atom stereocenters. The van der Waals surface area contributed by atoms with E-state index in [4.69, 9.17) is 0 Å². The van der Waals surface area contributed by atoms with Crippen LogP contribution in [0, 0.1) is 5.82 Å². The van der Waals surface area contributed by atoms with Crippen LogP contribution in [0.4, 0.5) is 10.1 Å². The number of rotatable bonds is 4. The van der Waals surface area contributed by atoms with Gasteiger partial charge in [0.25, 0.3) is 0 Å². The Balaban J connectivity index is 1.72. The van der Waals surface area contributed by atoms with Crippen LogP contribution >= 0.6 is 0 Å². The quantitative estimate of drug-likeness (QED) is 0.364. The van der Waals surface area contributed by atoms with E-state index >= 15 is 0 Å². The lowest BCUT2D eigenvalue weighted by Crippen LogP contribution is -2.25. The van der Waals surface area contributed by atoms with Gasteiger partial charge in [0.05, 0.1) is 29.5 Å². The van der Waals surface area contributed by atoms with Crippen molar-refractivity contribution in [1.29, 1.82) is 0 Å². The van der Waals surface area contributed by atoms with Crippen molar-refractivity contribution in [2.45, 2.75) is 6.92 Å². The lowest BCUT2D eigenvalue weighted by Gasteiger charge is -2.03. The summed E-state index contributed by atoms with van der Waals surface area (Å²) in [4.78, 5) is 31.2. The van der Waals surface area contributed by atoms with Crippen molar-refractivity contribution in [2.75, 3.05) is 11.9 Å². The van der Waals surface area contributed by atoms with E-state index in [-0.39, 0.29) is 18.1 Å². The second-order valence-corrected chi connectivity index (χ2v) is 6.13. The van der Waals surface area contributed by atoms with Crippen LogP contribution in [0.25, 0.3) is 33.7 Å². The van der Waals surface area contributed by atoms with Gasteiger partial charge in [0, 0.05) is 5.56 Å². The minimum Gasteiger partial charge on any atom is -0.459 e. The maximum Gasteiger partial charge on any atom is 0.397 e. The number of hydrogen-bond acceptors (Lipinski definition) is 5. The van der Waals surface area contributed by atoms with Gasteiger partial charge in [-0.3, -0.25) is 9.89 Å². The zero-order valence-electron chi connectivity index (χ0n) is 15.3. The first-order valence-electron chi connectivity index (χ1n) is 8.83. The number of H-pyrrole nitrogens is 2. The second kappa shape index (κ2) is 7.55. The number of hydrogen-bond donors (Lipinski definition) is 3. The Morgan fingerprint density at radius 1 is 1.21 bits per heavy atom. The molecular weight excluding hydrogens is 377 g/mol. The highest BCUT2D eigenvalue weighted by atomic mass is 19.1. The van der Waals surface area contributed by atoms with Crippen molar-refractivity contribution in [3.63, 3.8) is 0 Å². The zero-order valence-corrected chi connectivity index (χ0v) is 15.3. The summed E-state index contributed by atoms with van der Waals surface area (Å²) in [5, 5.41) is 9.13. The van der Waals surface area contributed by atoms with Gasteiger partial charge in [-0.2, -0.15) is 5.10 Å². The normalized spacial score (nSPS) is 10.8. The van der Waals surface area contributed by atoms with Crippen molar-refractivity contribution in [3.05, 3.63) is 54.5 Å². The van der Waals surface area contributed by atoms with Gasteiger partial charge in [-0.05, 0) is 30.7 Å². The molecule has 8 nitrogen and oxygen atoms in total. The van der Waals surface area contributed by atoms with Gasteiger partial charge in [-0.15, -0.1) is 0 Å². The van der Waals surface area contributed by atoms with E-state index in [0.29, 0.717) is 22.6 Å². The largest absolute Gasteiger partial charge is 0.459 e. The minimum atomic E-state index is -0.988. The molecule has 2 aromatic heterocycles. The van der Waals surface area contributed by atoms with E-state index in [2.05, 4.69) is 30.2 Å². The summed E-state index contributed by atoms with van der Waals surface area (Å²) in [6.07, 6.45) is 1.37. The molecule has 29 heavy (non-hydrogen) atoms. The monoisotopic (exact) mass is 393 g/mol. The average molecular weight is 393 g/mol. The highest BCUT2D eigenvalue weighted by Crippen LogP contribution is 2.31. The molecule has 0 saturated carbocycles. The molecule has 0 aliphatic carbocycles. The summed E-state index contributed by atoms with van der Waals surface area (Å²) >= 11 is 0. The first-order valence-corrected chi connectivity index (χ1v) is 8.83. The number of halogens is 1. The molecule has 9 heteroatoms. The standard InChI is InChI=1S/C20H16FN5O3/c1-2-29-20(28)19(27)24-15-10-22-26-17(15)18-23-14-8-4-7-13(16(14)25-18)11-5-3-6-12(21)9-11/h3-10H,2H2,1H3,(H,22,26)(H,23,25)(H,24,27). The van der Waals surface area contributed by atoms with Gasteiger partial charge in [-0.25, -0.2) is 14.2 Å². The average Bonchev–Trinajstić information content (AvgIpc) is 3.34. The molecule has 0 spiro atoms. The number of benzene rings is 2. The van der Waals surface area contributed by atoms with E-state index in [1.165, 1.54) is 18.3 Å². The Kier molecular flexibility index (Phi) is 4.78. The van der Waals surface area contributed by atoms with Crippen molar-refractivity contribution in [3.8, 4) is 22.6 Å². The number of anilines is 1. The third kappa shape index (κ3) is 3.57. The Hall–Kier alpha value is -4.01. The Morgan fingerprint density at radius 2 is 2.03 bits per heavy atom. The van der Waals surface area contributed by atoms with Crippen LogP contribution in [0.5, 0.6) is 0 Å². The molecule has 0 aliphatic rings. The summed E-state index contributed by atoms with van der Waals surface area (Å²) in [5.41, 5.74) is 3.46. The third-order valence-corrected chi connectivity index (χ3v) is 4.23. The molecule has 0 aliphatic heterocycles. The number of ether oxygens (including phenoxy) is 1. The molecule has 146 valence electrons. The fourth-order valence-electron chi connectivity index (χ4n) is 2.97. The van der Waals surface area contributed by atoms with Crippen LogP contribution in [0.15, 0.2) is 48.7 Å². The van der Waals surface area contributed by atoms with E-state index < -0.39 is 11.9 Å². The first kappa shape index (κ1) is 18.4. The summed E-state index contributed by atoms with van der Waals surface area (Å²) in [6.45, 7) is 1.70. The van der Waals surface area contributed by atoms with E-state index in [1.807, 2.05) is 18.2 Å². The molecule has 4 rings (SSSR count). The van der Waals surface area contributed by atoms with Gasteiger partial charge in [0.15, 0.2) is 5.82 Å². The number of carbonyl (C=O) groups excluding carboxylic acids is 2. The van der Waals surface area contributed by atoms with Crippen molar-refractivity contribution < 1.29 is 18.7 Å². The van der Waals surface area contributed by atoms with Crippen LogP contribution in [0.1, 0.15) is 6.92 Å². The van der Waals surface area contributed by atoms with Crippen molar-refractivity contribution in [2.24, 2.45) is 0 Å². The number of carbonyl (C=O) groups is 2. The van der Waals surface area contributed by atoms with Crippen LogP contribution in [0.2, 0.25) is 0 Å². The maximum absolute atomic E-state index is 13.7. The number of esters is 1. The van der Waals surface area contributed by atoms with Gasteiger partial charge < -0.3 is 15.0 Å². The SMILES string of the molecule is CCOC(=O)C(=O)Nc1cn[nH]c1-c1nc2c(-c3cccc(F)c3)cccc2[nH]1. The maximum atomic E-state index is 13.7. The van der Waals surface area contributed by atoms with Gasteiger partial charge >= 0.3 is 11.9 Å². The molecule has 3 N–H and O–H groups in total. The van der Waals surface area contributed by atoms with Crippen molar-refractivity contribution >= 4 is 28.6 Å². The second-order valence-electron chi connectivity index (χ2n) is 6.13. The highest BCUT2D eigenvalue weighted by Gasteiger charge is 2.20. The number of aromatic amines is 2. The number of aromatic nitrogens is 4. The van der Waals surface area contributed by atoms with E-state index in [9.17, 15) is 14.0 Å². The molecule has 2 aromatic carbocycles. The smallest absolute Gasteiger partial charge is 0.397 e. The minimum absolute atomic E-state index is 0.0942. The van der Waals surface area contributed by atoms with Crippen LogP contribution in [-0.2, 0) is 14.3 Å². The van der Waals surface area contributed by atoms with Crippen molar-refractivity contribution in [1.82, 2.24) is 20.2 Å². The number of amides is 1. The lowest BCUT2D eigenvalue weighted by molar-refractivity contribution is -0.152. The molecule has 1 amide bonds. The Labute approximate surface area is 164 Å². The number of nitrogens with one attached hydrogen (secondary N) is 3. The molecular formula is C20H16FN5O3. The fourth-order valence-corrected chi connectivity index (χ4v) is 2.97. The first-order chi connectivity index (χ1) is 14.1. The topological polar surface area (TPSA) is 113 Å². The zero-order chi connectivity index (χ0) is 20.4. The Morgan fingerprint density at radius 3 is 2.83 bits per heavy atom. The third-order valence-electron chi connectivity index (χ3n) is 4.23. The highest BCUT2D eigenvalue weighted by molar-refractivity contribution is 6.37. The summed E-state index contributed by atoms with van der Waals surface area (Å²) in [5.74, 6) is -1.84. The molecule has 0 fully saturated rings. The number of imidazole rings is 1.